The van der Waals surface area contributed by atoms with E-state index in [2.05, 4.69) is 16.0 Å². The summed E-state index contributed by atoms with van der Waals surface area (Å²) < 4.78 is 0. The second-order valence-corrected chi connectivity index (χ2v) is 7.48. The van der Waals surface area contributed by atoms with E-state index in [0.717, 1.165) is 0 Å². The normalized spacial score (nSPS) is 15.6. The number of nitrogens with two attached hydrogens (primary N) is 1. The Morgan fingerprint density at radius 1 is 0.852 bits per heavy atom. The van der Waals surface area contributed by atoms with Gasteiger partial charge in [0.2, 0.25) is 17.7 Å². The van der Waals surface area contributed by atoms with Gasteiger partial charge in [-0.2, -0.15) is 0 Å². The summed E-state index contributed by atoms with van der Waals surface area (Å²) >= 11 is 0. The van der Waals surface area contributed by atoms with E-state index >= 15 is 0 Å². The van der Waals surface area contributed by atoms with Crippen LogP contribution in [0.4, 0.5) is 0 Å². The molecule has 0 radical (unpaired) electrons. The topological polar surface area (TPSA) is 151 Å². The molecule has 0 fully saturated rings. The Morgan fingerprint density at radius 2 is 1.37 bits per heavy atom. The summed E-state index contributed by atoms with van der Waals surface area (Å²) in [6, 6.07) is -2.51. The van der Waals surface area contributed by atoms with Crippen molar-refractivity contribution >= 4 is 23.7 Å². The molecule has 0 rings (SSSR count). The standard InChI is InChI=1S/C18H34N4O5/c1-7-11(6)15(22-16(25)13(19)9(2)3)18(27)21-14(10(4)5)17(26)20-8-12(23)24/h9-11,13-15H,7-8,19H2,1-6H3,(H,20,26)(H,21,27)(H,22,25)(H,23,24). The second kappa shape index (κ2) is 11.5. The van der Waals surface area contributed by atoms with Gasteiger partial charge in [0, 0.05) is 0 Å². The number of hydrogen-bond acceptors (Lipinski definition) is 5. The molecule has 4 atom stereocenters. The molecule has 0 bridgehead atoms. The number of rotatable bonds is 11. The number of carbonyl (C=O) groups is 4. The number of carboxylic acid groups (broad SMARTS) is 1. The lowest BCUT2D eigenvalue weighted by Crippen LogP contribution is -2.59. The minimum atomic E-state index is -1.18. The second-order valence-electron chi connectivity index (χ2n) is 7.48. The first-order valence-corrected chi connectivity index (χ1v) is 9.28. The van der Waals surface area contributed by atoms with Crippen LogP contribution >= 0.6 is 0 Å². The number of hydrogen-bond donors (Lipinski definition) is 5. The minimum Gasteiger partial charge on any atom is -0.480 e. The van der Waals surface area contributed by atoms with E-state index < -0.39 is 48.4 Å². The van der Waals surface area contributed by atoms with E-state index in [0.29, 0.717) is 6.42 Å². The monoisotopic (exact) mass is 386 g/mol. The molecule has 0 aromatic heterocycles. The average Bonchev–Trinajstić information content (AvgIpc) is 2.59. The van der Waals surface area contributed by atoms with Crippen LogP contribution in [0.25, 0.3) is 0 Å². The summed E-state index contributed by atoms with van der Waals surface area (Å²) in [7, 11) is 0. The highest BCUT2D eigenvalue weighted by molar-refractivity contribution is 5.94. The summed E-state index contributed by atoms with van der Waals surface area (Å²) in [5, 5.41) is 16.3. The molecule has 0 aromatic rings. The molecule has 9 nitrogen and oxygen atoms in total. The maximum atomic E-state index is 12.8. The summed E-state index contributed by atoms with van der Waals surface area (Å²) in [4.78, 5) is 47.9. The molecule has 156 valence electrons. The predicted molar refractivity (Wildman–Crippen MR) is 102 cm³/mol. The lowest BCUT2D eigenvalue weighted by Gasteiger charge is -2.29. The zero-order valence-electron chi connectivity index (χ0n) is 17.0. The summed E-state index contributed by atoms with van der Waals surface area (Å²) in [6.07, 6.45) is 0.632. The van der Waals surface area contributed by atoms with Crippen LogP contribution in [0.5, 0.6) is 0 Å². The van der Waals surface area contributed by atoms with Gasteiger partial charge in [-0.05, 0) is 17.8 Å². The molecule has 0 saturated carbocycles. The average molecular weight is 386 g/mol. The van der Waals surface area contributed by atoms with Gasteiger partial charge >= 0.3 is 5.97 Å². The number of aliphatic carboxylic acids is 1. The smallest absolute Gasteiger partial charge is 0.322 e. The van der Waals surface area contributed by atoms with Gasteiger partial charge in [-0.1, -0.05) is 48.0 Å². The van der Waals surface area contributed by atoms with Gasteiger partial charge < -0.3 is 26.8 Å². The van der Waals surface area contributed by atoms with Crippen LogP contribution in [0.2, 0.25) is 0 Å². The highest BCUT2D eigenvalue weighted by Gasteiger charge is 2.32. The maximum absolute atomic E-state index is 12.8. The van der Waals surface area contributed by atoms with Gasteiger partial charge in [-0.15, -0.1) is 0 Å². The molecule has 27 heavy (non-hydrogen) atoms. The zero-order chi connectivity index (χ0) is 21.3. The number of carboxylic acids is 1. The van der Waals surface area contributed by atoms with Gasteiger partial charge in [0.25, 0.3) is 0 Å². The molecular weight excluding hydrogens is 352 g/mol. The van der Waals surface area contributed by atoms with Crippen LogP contribution in [0, 0.1) is 17.8 Å². The number of amides is 3. The quantitative estimate of drug-likeness (QED) is 0.333. The van der Waals surface area contributed by atoms with Gasteiger partial charge in [0.15, 0.2) is 0 Å². The van der Waals surface area contributed by atoms with Gasteiger partial charge in [0.1, 0.15) is 18.6 Å². The maximum Gasteiger partial charge on any atom is 0.322 e. The fraction of sp³-hybridized carbons (Fsp3) is 0.778. The third kappa shape index (κ3) is 8.38. The van der Waals surface area contributed by atoms with E-state index in [1.54, 1.807) is 13.8 Å². The van der Waals surface area contributed by atoms with Crippen molar-refractivity contribution in [3.8, 4) is 0 Å². The van der Waals surface area contributed by atoms with Gasteiger partial charge in [-0.3, -0.25) is 19.2 Å². The first-order chi connectivity index (χ1) is 12.4. The predicted octanol–water partition coefficient (Wildman–Crippen LogP) is -0.158. The van der Waals surface area contributed by atoms with Crippen LogP contribution in [-0.4, -0.2) is 53.5 Å². The lowest BCUT2D eigenvalue weighted by molar-refractivity contribution is -0.139. The SMILES string of the molecule is CCC(C)C(NC(=O)C(N)C(C)C)C(=O)NC(C(=O)NCC(=O)O)C(C)C. The fourth-order valence-electron chi connectivity index (χ4n) is 2.30. The first kappa shape index (κ1) is 24.8. The van der Waals surface area contributed by atoms with E-state index in [1.807, 2.05) is 27.7 Å². The molecule has 4 unspecified atom stereocenters. The van der Waals surface area contributed by atoms with Crippen molar-refractivity contribution in [2.45, 2.75) is 66.1 Å². The Labute approximate surface area is 160 Å². The van der Waals surface area contributed by atoms with Crippen LogP contribution < -0.4 is 21.7 Å². The van der Waals surface area contributed by atoms with Crippen molar-refractivity contribution in [1.82, 2.24) is 16.0 Å². The van der Waals surface area contributed by atoms with Crippen LogP contribution in [0.1, 0.15) is 48.0 Å². The zero-order valence-corrected chi connectivity index (χ0v) is 17.0. The highest BCUT2D eigenvalue weighted by Crippen LogP contribution is 2.11. The van der Waals surface area contributed by atoms with E-state index in [4.69, 9.17) is 10.8 Å². The Balaban J connectivity index is 5.26. The van der Waals surface area contributed by atoms with Crippen molar-refractivity contribution in [2.75, 3.05) is 6.54 Å². The molecule has 0 heterocycles. The molecule has 3 amide bonds. The first-order valence-electron chi connectivity index (χ1n) is 9.28. The van der Waals surface area contributed by atoms with Crippen molar-refractivity contribution in [2.24, 2.45) is 23.5 Å². The molecule has 0 aromatic carbocycles. The van der Waals surface area contributed by atoms with E-state index in [1.165, 1.54) is 0 Å². The van der Waals surface area contributed by atoms with Gasteiger partial charge in [-0.25, -0.2) is 0 Å². The Morgan fingerprint density at radius 3 is 1.78 bits per heavy atom. The van der Waals surface area contributed by atoms with E-state index in [9.17, 15) is 19.2 Å². The van der Waals surface area contributed by atoms with Gasteiger partial charge in [0.05, 0.1) is 6.04 Å². The van der Waals surface area contributed by atoms with Crippen molar-refractivity contribution in [1.29, 1.82) is 0 Å². The van der Waals surface area contributed by atoms with Crippen molar-refractivity contribution in [3.63, 3.8) is 0 Å². The van der Waals surface area contributed by atoms with Crippen LogP contribution in [-0.2, 0) is 19.2 Å². The fourth-order valence-corrected chi connectivity index (χ4v) is 2.30. The molecule has 0 aliphatic carbocycles. The molecule has 0 saturated heterocycles. The molecule has 6 N–H and O–H groups in total. The molecule has 0 aliphatic rings. The highest BCUT2D eigenvalue weighted by atomic mass is 16.4. The van der Waals surface area contributed by atoms with E-state index in [-0.39, 0.29) is 17.8 Å². The van der Waals surface area contributed by atoms with Crippen molar-refractivity contribution < 1.29 is 24.3 Å². The summed E-state index contributed by atoms with van der Waals surface area (Å²) in [5.74, 6) is -3.23. The molecule has 9 heteroatoms. The van der Waals surface area contributed by atoms with Crippen molar-refractivity contribution in [3.05, 3.63) is 0 Å². The molecule has 0 aliphatic heterocycles. The Kier molecular flexibility index (Phi) is 10.6. The minimum absolute atomic E-state index is 0.0872. The Bertz CT molecular complexity index is 536. The Hall–Kier alpha value is -2.16. The summed E-state index contributed by atoms with van der Waals surface area (Å²) in [6.45, 7) is 10.3. The summed E-state index contributed by atoms with van der Waals surface area (Å²) in [5.41, 5.74) is 5.85. The third-order valence-corrected chi connectivity index (χ3v) is 4.47. The number of nitrogens with one attached hydrogen (secondary N) is 3. The lowest BCUT2D eigenvalue weighted by atomic mass is 9.95. The number of carbonyl (C=O) groups excluding carboxylic acids is 3. The molecular formula is C18H34N4O5. The molecule has 0 spiro atoms. The van der Waals surface area contributed by atoms with Crippen LogP contribution in [0.15, 0.2) is 0 Å². The third-order valence-electron chi connectivity index (χ3n) is 4.47. The van der Waals surface area contributed by atoms with Crippen LogP contribution in [0.3, 0.4) is 0 Å². The largest absolute Gasteiger partial charge is 0.480 e.